The summed E-state index contributed by atoms with van der Waals surface area (Å²) in [5.74, 6) is 0. The lowest BCUT2D eigenvalue weighted by molar-refractivity contribution is 0.195. The smallest absolute Gasteiger partial charge is 0.0828 e. The molecule has 0 aliphatic carbocycles. The van der Waals surface area contributed by atoms with Gasteiger partial charge in [0.15, 0.2) is 0 Å². The zero-order chi connectivity index (χ0) is 10.8. The number of anilines is 1. The number of nitrogens with one attached hydrogen (secondary N) is 1. The van der Waals surface area contributed by atoms with Gasteiger partial charge in [0.2, 0.25) is 0 Å². The van der Waals surface area contributed by atoms with Gasteiger partial charge < -0.3 is 10.1 Å². The van der Waals surface area contributed by atoms with Crippen LogP contribution in [0.4, 0.5) is 5.69 Å². The van der Waals surface area contributed by atoms with Crippen LogP contribution in [0.3, 0.4) is 0 Å². The van der Waals surface area contributed by atoms with Crippen LogP contribution in [0.25, 0.3) is 0 Å². The highest BCUT2D eigenvalue weighted by Crippen LogP contribution is 2.22. The van der Waals surface area contributed by atoms with Gasteiger partial charge in [0, 0.05) is 13.2 Å². The van der Waals surface area contributed by atoms with Gasteiger partial charge in [-0.15, -0.1) is 0 Å². The van der Waals surface area contributed by atoms with E-state index >= 15 is 0 Å². The Morgan fingerprint density at radius 2 is 2.33 bits per heavy atom. The van der Waals surface area contributed by atoms with Crippen molar-refractivity contribution in [2.24, 2.45) is 0 Å². The average Bonchev–Trinajstić information content (AvgIpc) is 2.81. The molecule has 1 saturated heterocycles. The molecule has 0 amide bonds. The summed E-state index contributed by atoms with van der Waals surface area (Å²) in [5, 5.41) is 8.01. The van der Waals surface area contributed by atoms with Gasteiger partial charge in [-0.1, -0.05) is 0 Å². The lowest BCUT2D eigenvalue weighted by Crippen LogP contribution is -2.19. The maximum Gasteiger partial charge on any atom is 0.0828 e. The van der Waals surface area contributed by atoms with Crippen LogP contribution in [0.15, 0.2) is 0 Å². The standard InChI is InChI=1S/C11H19N3O/c1-4-14-9(3)11(8(2)13-14)12-10-5-6-15-7-10/h10,12H,4-7H2,1-3H3. The summed E-state index contributed by atoms with van der Waals surface area (Å²) in [6.07, 6.45) is 1.09. The summed E-state index contributed by atoms with van der Waals surface area (Å²) in [7, 11) is 0. The Labute approximate surface area is 90.6 Å². The molecule has 15 heavy (non-hydrogen) atoms. The molecule has 0 bridgehead atoms. The highest BCUT2D eigenvalue weighted by atomic mass is 16.5. The third-order valence-corrected chi connectivity index (χ3v) is 2.96. The van der Waals surface area contributed by atoms with E-state index in [0.29, 0.717) is 6.04 Å². The quantitative estimate of drug-likeness (QED) is 0.824. The Morgan fingerprint density at radius 3 is 2.87 bits per heavy atom. The first-order valence-corrected chi connectivity index (χ1v) is 5.60. The highest BCUT2D eigenvalue weighted by Gasteiger charge is 2.19. The maximum absolute atomic E-state index is 5.35. The van der Waals surface area contributed by atoms with Crippen molar-refractivity contribution in [3.63, 3.8) is 0 Å². The van der Waals surface area contributed by atoms with Crippen LogP contribution in [0.1, 0.15) is 24.7 Å². The second-order valence-electron chi connectivity index (χ2n) is 4.07. The molecule has 1 aliphatic heterocycles. The first kappa shape index (κ1) is 10.5. The molecule has 84 valence electrons. The largest absolute Gasteiger partial charge is 0.379 e. The van der Waals surface area contributed by atoms with Crippen LogP contribution in [0, 0.1) is 13.8 Å². The molecule has 1 aromatic heterocycles. The van der Waals surface area contributed by atoms with Crippen LogP contribution >= 0.6 is 0 Å². The fraction of sp³-hybridized carbons (Fsp3) is 0.727. The van der Waals surface area contributed by atoms with Crippen molar-refractivity contribution in [3.8, 4) is 0 Å². The summed E-state index contributed by atoms with van der Waals surface area (Å²) >= 11 is 0. The van der Waals surface area contributed by atoms with Gasteiger partial charge in [-0.3, -0.25) is 4.68 Å². The predicted octanol–water partition coefficient (Wildman–Crippen LogP) is 1.72. The van der Waals surface area contributed by atoms with Crippen molar-refractivity contribution in [1.82, 2.24) is 9.78 Å². The third-order valence-electron chi connectivity index (χ3n) is 2.96. The predicted molar refractivity (Wildman–Crippen MR) is 60.2 cm³/mol. The van der Waals surface area contributed by atoms with E-state index in [4.69, 9.17) is 4.74 Å². The Bertz CT molecular complexity index is 340. The van der Waals surface area contributed by atoms with E-state index in [1.54, 1.807) is 0 Å². The van der Waals surface area contributed by atoms with Gasteiger partial charge in [0.25, 0.3) is 0 Å². The fourth-order valence-corrected chi connectivity index (χ4v) is 2.07. The molecule has 4 heteroatoms. The van der Waals surface area contributed by atoms with E-state index in [0.717, 1.165) is 31.9 Å². The SMILES string of the molecule is CCn1nc(C)c(NC2CCOC2)c1C. The van der Waals surface area contributed by atoms with Crippen LogP contribution in [0.2, 0.25) is 0 Å². The summed E-state index contributed by atoms with van der Waals surface area (Å²) in [6.45, 7) is 8.89. The van der Waals surface area contributed by atoms with E-state index in [1.165, 1.54) is 11.4 Å². The number of hydrogen-bond donors (Lipinski definition) is 1. The van der Waals surface area contributed by atoms with E-state index in [-0.39, 0.29) is 0 Å². The van der Waals surface area contributed by atoms with Gasteiger partial charge >= 0.3 is 0 Å². The summed E-state index contributed by atoms with van der Waals surface area (Å²) in [5.41, 5.74) is 3.50. The number of nitrogens with zero attached hydrogens (tertiary/aromatic N) is 2. The fourth-order valence-electron chi connectivity index (χ4n) is 2.07. The molecule has 1 fully saturated rings. The number of rotatable bonds is 3. The first-order chi connectivity index (χ1) is 7.22. The Kier molecular flexibility index (Phi) is 2.95. The molecule has 1 aromatic rings. The van der Waals surface area contributed by atoms with Crippen molar-refractivity contribution in [2.75, 3.05) is 18.5 Å². The lowest BCUT2D eigenvalue weighted by Gasteiger charge is -2.12. The molecule has 4 nitrogen and oxygen atoms in total. The molecule has 0 aromatic carbocycles. The number of aryl methyl sites for hydroxylation is 2. The van der Waals surface area contributed by atoms with E-state index in [1.807, 2.05) is 4.68 Å². The van der Waals surface area contributed by atoms with Crippen LogP contribution in [0.5, 0.6) is 0 Å². The zero-order valence-corrected chi connectivity index (χ0v) is 9.71. The van der Waals surface area contributed by atoms with Crippen LogP contribution < -0.4 is 5.32 Å². The second kappa shape index (κ2) is 4.23. The van der Waals surface area contributed by atoms with E-state index in [2.05, 4.69) is 31.2 Å². The van der Waals surface area contributed by atoms with Gasteiger partial charge in [0.05, 0.1) is 29.7 Å². The summed E-state index contributed by atoms with van der Waals surface area (Å²) in [6, 6.07) is 0.455. The van der Waals surface area contributed by atoms with Crippen molar-refractivity contribution >= 4 is 5.69 Å². The second-order valence-corrected chi connectivity index (χ2v) is 4.07. The molecule has 1 unspecified atom stereocenters. The lowest BCUT2D eigenvalue weighted by atomic mass is 10.2. The molecular weight excluding hydrogens is 190 g/mol. The molecule has 1 N–H and O–H groups in total. The van der Waals surface area contributed by atoms with Crippen molar-refractivity contribution in [2.45, 2.75) is 39.8 Å². The molecule has 0 saturated carbocycles. The molecule has 2 heterocycles. The highest BCUT2D eigenvalue weighted by molar-refractivity contribution is 5.52. The maximum atomic E-state index is 5.35. The van der Waals surface area contributed by atoms with Crippen molar-refractivity contribution in [3.05, 3.63) is 11.4 Å². The molecular formula is C11H19N3O. The number of aromatic nitrogens is 2. The van der Waals surface area contributed by atoms with Crippen LogP contribution in [-0.2, 0) is 11.3 Å². The minimum atomic E-state index is 0.455. The summed E-state index contributed by atoms with van der Waals surface area (Å²) < 4.78 is 7.39. The topological polar surface area (TPSA) is 39.1 Å². The summed E-state index contributed by atoms with van der Waals surface area (Å²) in [4.78, 5) is 0. The van der Waals surface area contributed by atoms with E-state index < -0.39 is 0 Å². The van der Waals surface area contributed by atoms with Crippen LogP contribution in [-0.4, -0.2) is 29.0 Å². The Hall–Kier alpha value is -1.03. The number of ether oxygens (including phenoxy) is 1. The third kappa shape index (κ3) is 2.00. The first-order valence-electron chi connectivity index (χ1n) is 5.60. The molecule has 1 atom stereocenters. The van der Waals surface area contributed by atoms with Gasteiger partial charge in [0.1, 0.15) is 0 Å². The Morgan fingerprint density at radius 1 is 1.53 bits per heavy atom. The average molecular weight is 209 g/mol. The minimum Gasteiger partial charge on any atom is -0.379 e. The van der Waals surface area contributed by atoms with Crippen molar-refractivity contribution in [1.29, 1.82) is 0 Å². The molecule has 0 radical (unpaired) electrons. The van der Waals surface area contributed by atoms with Gasteiger partial charge in [-0.2, -0.15) is 5.10 Å². The van der Waals surface area contributed by atoms with Gasteiger partial charge in [-0.05, 0) is 27.2 Å². The zero-order valence-electron chi connectivity index (χ0n) is 9.71. The van der Waals surface area contributed by atoms with Crippen molar-refractivity contribution < 1.29 is 4.74 Å². The Balaban J connectivity index is 2.15. The molecule has 1 aliphatic rings. The molecule has 2 rings (SSSR count). The molecule has 0 spiro atoms. The number of hydrogen-bond acceptors (Lipinski definition) is 3. The van der Waals surface area contributed by atoms with E-state index in [9.17, 15) is 0 Å². The minimum absolute atomic E-state index is 0.455. The monoisotopic (exact) mass is 209 g/mol. The van der Waals surface area contributed by atoms with Gasteiger partial charge in [-0.25, -0.2) is 0 Å². The normalized spacial score (nSPS) is 20.9.